The molecule has 1 N–H and O–H groups in total. The van der Waals surface area contributed by atoms with E-state index in [9.17, 15) is 9.59 Å². The van der Waals surface area contributed by atoms with Crippen molar-refractivity contribution in [1.82, 2.24) is 10.2 Å². The Morgan fingerprint density at radius 3 is 2.57 bits per heavy atom. The van der Waals surface area contributed by atoms with Gasteiger partial charge in [0.2, 0.25) is 0 Å². The van der Waals surface area contributed by atoms with Gasteiger partial charge in [0, 0.05) is 0 Å². The lowest BCUT2D eigenvalue weighted by atomic mass is 9.92. The third kappa shape index (κ3) is 2.68. The number of ether oxygens (including phenoxy) is 1. The zero-order chi connectivity index (χ0) is 15.5. The molecule has 0 bridgehead atoms. The highest BCUT2D eigenvalue weighted by Crippen LogP contribution is 2.29. The molecule has 1 saturated heterocycles. The molecule has 0 aromatic heterocycles. The van der Waals surface area contributed by atoms with Crippen molar-refractivity contribution in [3.63, 3.8) is 0 Å². The lowest BCUT2D eigenvalue weighted by Gasteiger charge is -2.22. The van der Waals surface area contributed by atoms with Crippen molar-refractivity contribution in [3.05, 3.63) is 29.8 Å². The van der Waals surface area contributed by atoms with Gasteiger partial charge in [-0.2, -0.15) is 5.26 Å². The van der Waals surface area contributed by atoms with Gasteiger partial charge in [-0.05, 0) is 31.0 Å². The second-order valence-corrected chi connectivity index (χ2v) is 4.98. The summed E-state index contributed by atoms with van der Waals surface area (Å²) in [5.41, 5.74) is -0.484. The molecule has 1 atom stereocenters. The van der Waals surface area contributed by atoms with E-state index >= 15 is 0 Å². The van der Waals surface area contributed by atoms with Crippen LogP contribution in [0.25, 0.3) is 0 Å². The monoisotopic (exact) mass is 287 g/mol. The standard InChI is InChI=1S/C15H17N3O3/c1-3-10-21-12-6-4-11(5-7-12)15(2)13(19)18(9-8-16)14(20)17-15/h4-7H,3,9-10H2,1-2H3,(H,17,20). The molecule has 1 heterocycles. The molecular weight excluding hydrogens is 270 g/mol. The smallest absolute Gasteiger partial charge is 0.326 e. The minimum Gasteiger partial charge on any atom is -0.494 e. The summed E-state index contributed by atoms with van der Waals surface area (Å²) < 4.78 is 5.49. The molecule has 1 fully saturated rings. The van der Waals surface area contributed by atoms with Gasteiger partial charge in [-0.15, -0.1) is 0 Å². The zero-order valence-electron chi connectivity index (χ0n) is 12.0. The topological polar surface area (TPSA) is 82.4 Å². The second-order valence-electron chi connectivity index (χ2n) is 4.98. The highest BCUT2D eigenvalue weighted by atomic mass is 16.5. The minimum absolute atomic E-state index is 0.252. The number of rotatable bonds is 5. The molecule has 3 amide bonds. The third-order valence-corrected chi connectivity index (χ3v) is 3.41. The maximum atomic E-state index is 12.3. The first-order valence-corrected chi connectivity index (χ1v) is 6.77. The summed E-state index contributed by atoms with van der Waals surface area (Å²) in [4.78, 5) is 25.1. The molecule has 1 aliphatic rings. The molecule has 1 aromatic carbocycles. The van der Waals surface area contributed by atoms with E-state index in [1.54, 1.807) is 31.2 Å². The maximum Gasteiger partial charge on any atom is 0.326 e. The fourth-order valence-corrected chi connectivity index (χ4v) is 2.21. The van der Waals surface area contributed by atoms with Crippen LogP contribution >= 0.6 is 0 Å². The van der Waals surface area contributed by atoms with Gasteiger partial charge in [-0.1, -0.05) is 19.1 Å². The van der Waals surface area contributed by atoms with E-state index in [2.05, 4.69) is 5.32 Å². The van der Waals surface area contributed by atoms with E-state index in [0.29, 0.717) is 12.2 Å². The van der Waals surface area contributed by atoms with Crippen LogP contribution in [0.5, 0.6) is 5.75 Å². The van der Waals surface area contributed by atoms with Crippen molar-refractivity contribution >= 4 is 11.9 Å². The number of hydrogen-bond donors (Lipinski definition) is 1. The Bertz CT molecular complexity index is 591. The quantitative estimate of drug-likeness (QED) is 0.661. The molecule has 0 spiro atoms. The number of hydrogen-bond acceptors (Lipinski definition) is 4. The molecule has 0 radical (unpaired) electrons. The molecule has 1 aromatic rings. The van der Waals surface area contributed by atoms with Gasteiger partial charge in [0.25, 0.3) is 5.91 Å². The number of nitriles is 1. The van der Waals surface area contributed by atoms with E-state index in [-0.39, 0.29) is 6.54 Å². The summed E-state index contributed by atoms with van der Waals surface area (Å²) in [7, 11) is 0. The summed E-state index contributed by atoms with van der Waals surface area (Å²) in [6.45, 7) is 4.03. The van der Waals surface area contributed by atoms with Gasteiger partial charge in [0.05, 0.1) is 12.7 Å². The summed E-state index contributed by atoms with van der Waals surface area (Å²) in [5, 5.41) is 11.3. The Balaban J connectivity index is 2.23. The van der Waals surface area contributed by atoms with Crippen molar-refractivity contribution in [3.8, 4) is 11.8 Å². The Morgan fingerprint density at radius 1 is 1.33 bits per heavy atom. The molecule has 0 aliphatic carbocycles. The first kappa shape index (κ1) is 14.9. The fraction of sp³-hybridized carbons (Fsp3) is 0.400. The minimum atomic E-state index is -1.14. The molecular formula is C15H17N3O3. The van der Waals surface area contributed by atoms with E-state index in [1.165, 1.54) is 0 Å². The highest BCUT2D eigenvalue weighted by molar-refractivity contribution is 6.07. The largest absolute Gasteiger partial charge is 0.494 e. The van der Waals surface area contributed by atoms with E-state index in [4.69, 9.17) is 10.00 Å². The van der Waals surface area contributed by atoms with Crippen LogP contribution in [0.4, 0.5) is 4.79 Å². The summed E-state index contributed by atoms with van der Waals surface area (Å²) in [5.74, 6) is 0.297. The zero-order valence-corrected chi connectivity index (χ0v) is 12.0. The number of benzene rings is 1. The molecule has 1 unspecified atom stereocenters. The Morgan fingerprint density at radius 2 is 2.00 bits per heavy atom. The predicted octanol–water partition coefficient (Wildman–Crippen LogP) is 1.77. The lowest BCUT2D eigenvalue weighted by molar-refractivity contribution is -0.130. The fourth-order valence-electron chi connectivity index (χ4n) is 2.21. The van der Waals surface area contributed by atoms with Crippen LogP contribution < -0.4 is 10.1 Å². The van der Waals surface area contributed by atoms with Gasteiger partial charge in [0.1, 0.15) is 17.8 Å². The number of imide groups is 1. The predicted molar refractivity (Wildman–Crippen MR) is 75.4 cm³/mol. The Hall–Kier alpha value is -2.55. The van der Waals surface area contributed by atoms with Crippen LogP contribution in [0.1, 0.15) is 25.8 Å². The van der Waals surface area contributed by atoms with Crippen molar-refractivity contribution in [2.24, 2.45) is 0 Å². The number of nitrogens with one attached hydrogen (secondary N) is 1. The van der Waals surface area contributed by atoms with E-state index in [0.717, 1.165) is 17.1 Å². The molecule has 0 saturated carbocycles. The molecule has 6 heteroatoms. The molecule has 2 rings (SSSR count). The molecule has 21 heavy (non-hydrogen) atoms. The average molecular weight is 287 g/mol. The summed E-state index contributed by atoms with van der Waals surface area (Å²) >= 11 is 0. The number of carbonyl (C=O) groups excluding carboxylic acids is 2. The second kappa shape index (κ2) is 5.83. The first-order valence-electron chi connectivity index (χ1n) is 6.77. The van der Waals surface area contributed by atoms with Gasteiger partial charge < -0.3 is 10.1 Å². The molecule has 1 aliphatic heterocycles. The van der Waals surface area contributed by atoms with Crippen LogP contribution in [0.15, 0.2) is 24.3 Å². The van der Waals surface area contributed by atoms with Gasteiger partial charge in [-0.3, -0.25) is 4.79 Å². The van der Waals surface area contributed by atoms with Gasteiger partial charge in [-0.25, -0.2) is 9.69 Å². The average Bonchev–Trinajstić information content (AvgIpc) is 2.70. The van der Waals surface area contributed by atoms with Crippen LogP contribution in [-0.2, 0) is 10.3 Å². The maximum absolute atomic E-state index is 12.3. The van der Waals surface area contributed by atoms with Gasteiger partial charge >= 0.3 is 6.03 Å². The van der Waals surface area contributed by atoms with Crippen molar-refractivity contribution in [1.29, 1.82) is 5.26 Å². The van der Waals surface area contributed by atoms with E-state index < -0.39 is 17.5 Å². The third-order valence-electron chi connectivity index (χ3n) is 3.41. The Kier molecular flexibility index (Phi) is 4.13. The normalized spacial score (nSPS) is 21.1. The van der Waals surface area contributed by atoms with E-state index in [1.807, 2.05) is 13.0 Å². The van der Waals surface area contributed by atoms with Crippen molar-refractivity contribution in [2.45, 2.75) is 25.8 Å². The number of urea groups is 1. The number of nitrogens with zero attached hydrogens (tertiary/aromatic N) is 2. The van der Waals surface area contributed by atoms with Crippen LogP contribution in [0, 0.1) is 11.3 Å². The summed E-state index contributed by atoms with van der Waals surface area (Å²) in [6.07, 6.45) is 0.914. The molecule has 6 nitrogen and oxygen atoms in total. The van der Waals surface area contributed by atoms with Crippen LogP contribution in [0.2, 0.25) is 0 Å². The SMILES string of the molecule is CCCOc1ccc(C2(C)NC(=O)N(CC#N)C2=O)cc1. The van der Waals surface area contributed by atoms with Crippen molar-refractivity contribution in [2.75, 3.05) is 13.2 Å². The highest BCUT2D eigenvalue weighted by Gasteiger charge is 2.48. The number of amides is 3. The lowest BCUT2D eigenvalue weighted by Crippen LogP contribution is -2.40. The number of carbonyl (C=O) groups is 2. The van der Waals surface area contributed by atoms with Crippen LogP contribution in [0.3, 0.4) is 0 Å². The van der Waals surface area contributed by atoms with Crippen molar-refractivity contribution < 1.29 is 14.3 Å². The Labute approximate surface area is 123 Å². The molecule has 110 valence electrons. The van der Waals surface area contributed by atoms with Gasteiger partial charge in [0.15, 0.2) is 0 Å². The summed E-state index contributed by atoms with van der Waals surface area (Å²) in [6, 6.07) is 8.30. The van der Waals surface area contributed by atoms with Crippen LogP contribution in [-0.4, -0.2) is 30.0 Å². The first-order chi connectivity index (χ1) is 10.0.